The third-order valence-corrected chi connectivity index (χ3v) is 3.52. The summed E-state index contributed by atoms with van der Waals surface area (Å²) in [6.45, 7) is 2.18. The van der Waals surface area contributed by atoms with Crippen LogP contribution < -0.4 is 5.32 Å². The zero-order valence-electron chi connectivity index (χ0n) is 7.95. The quantitative estimate of drug-likeness (QED) is 0.667. The number of hydrogen-bond acceptors (Lipinski definition) is 3. The molecule has 1 aliphatic rings. The Labute approximate surface area is 83.3 Å². The van der Waals surface area contributed by atoms with Crippen LogP contribution in [0.15, 0.2) is 0 Å². The lowest BCUT2D eigenvalue weighted by molar-refractivity contribution is -0.138. The van der Waals surface area contributed by atoms with Crippen molar-refractivity contribution in [2.24, 2.45) is 0 Å². The van der Waals surface area contributed by atoms with Gasteiger partial charge in [-0.1, -0.05) is 26.2 Å². The van der Waals surface area contributed by atoms with Crippen LogP contribution in [-0.2, 0) is 4.79 Å². The van der Waals surface area contributed by atoms with Crippen LogP contribution in [0.5, 0.6) is 0 Å². The van der Waals surface area contributed by atoms with Gasteiger partial charge in [0, 0.05) is 5.75 Å². The molecule has 0 aromatic carbocycles. The van der Waals surface area contributed by atoms with Gasteiger partial charge in [-0.15, -0.1) is 11.8 Å². The van der Waals surface area contributed by atoms with Gasteiger partial charge in [0.1, 0.15) is 6.04 Å². The molecule has 0 aliphatic carbocycles. The van der Waals surface area contributed by atoms with E-state index in [1.54, 1.807) is 11.8 Å². The third kappa shape index (κ3) is 3.56. The van der Waals surface area contributed by atoms with Crippen molar-refractivity contribution < 1.29 is 9.90 Å². The molecule has 0 saturated carbocycles. The lowest BCUT2D eigenvalue weighted by Crippen LogP contribution is -2.36. The van der Waals surface area contributed by atoms with Gasteiger partial charge in [-0.3, -0.25) is 10.1 Å². The first-order valence-electron chi connectivity index (χ1n) is 4.84. The number of carboxylic acids is 1. The van der Waals surface area contributed by atoms with Crippen molar-refractivity contribution in [2.75, 3.05) is 5.75 Å². The number of unbranched alkanes of at least 4 members (excludes halogenated alkanes) is 2. The number of thioether (sulfide) groups is 1. The normalized spacial score (nSPS) is 27.8. The molecule has 4 heteroatoms. The summed E-state index contributed by atoms with van der Waals surface area (Å²) < 4.78 is 0. The Balaban J connectivity index is 2.14. The van der Waals surface area contributed by atoms with E-state index in [-0.39, 0.29) is 6.04 Å². The molecule has 1 fully saturated rings. The van der Waals surface area contributed by atoms with Crippen molar-refractivity contribution in [2.45, 2.75) is 44.0 Å². The maximum Gasteiger partial charge on any atom is 0.321 e. The Kier molecular flexibility index (Phi) is 4.59. The van der Waals surface area contributed by atoms with Gasteiger partial charge in [0.05, 0.1) is 5.37 Å². The van der Waals surface area contributed by atoms with E-state index >= 15 is 0 Å². The largest absolute Gasteiger partial charge is 0.480 e. The Morgan fingerprint density at radius 1 is 1.62 bits per heavy atom. The molecule has 0 aromatic heterocycles. The molecule has 0 radical (unpaired) electrons. The summed E-state index contributed by atoms with van der Waals surface area (Å²) in [5, 5.41) is 12.2. The lowest BCUT2D eigenvalue weighted by atomic mass is 10.2. The highest BCUT2D eigenvalue weighted by Gasteiger charge is 2.28. The van der Waals surface area contributed by atoms with Gasteiger partial charge in [-0.2, -0.15) is 0 Å². The number of nitrogens with one attached hydrogen (secondary N) is 1. The SMILES string of the molecule is CCCCCC1N[C@@H](C(=O)O)CS1. The van der Waals surface area contributed by atoms with Gasteiger partial charge < -0.3 is 5.11 Å². The molecule has 76 valence electrons. The van der Waals surface area contributed by atoms with Crippen molar-refractivity contribution in [1.82, 2.24) is 5.32 Å². The molecule has 1 rings (SSSR count). The molecule has 1 aliphatic heterocycles. The van der Waals surface area contributed by atoms with Gasteiger partial charge in [-0.25, -0.2) is 0 Å². The molecular formula is C9H17NO2S. The van der Waals surface area contributed by atoms with E-state index in [1.165, 1.54) is 19.3 Å². The molecule has 3 nitrogen and oxygen atoms in total. The number of carboxylic acid groups (broad SMARTS) is 1. The van der Waals surface area contributed by atoms with Crippen LogP contribution in [0.25, 0.3) is 0 Å². The summed E-state index contributed by atoms with van der Waals surface area (Å²) in [6, 6.07) is -0.323. The highest BCUT2D eigenvalue weighted by molar-refractivity contribution is 8.00. The molecule has 2 N–H and O–H groups in total. The van der Waals surface area contributed by atoms with Crippen LogP contribution in [0.1, 0.15) is 32.6 Å². The molecule has 13 heavy (non-hydrogen) atoms. The fourth-order valence-electron chi connectivity index (χ4n) is 1.42. The minimum atomic E-state index is -0.717. The van der Waals surface area contributed by atoms with Crippen LogP contribution in [0.2, 0.25) is 0 Å². The summed E-state index contributed by atoms with van der Waals surface area (Å²) in [5.74, 6) is -0.00273. The first-order valence-corrected chi connectivity index (χ1v) is 5.89. The zero-order valence-corrected chi connectivity index (χ0v) is 8.77. The predicted molar refractivity (Wildman–Crippen MR) is 54.9 cm³/mol. The maximum absolute atomic E-state index is 10.6. The average Bonchev–Trinajstić information content (AvgIpc) is 2.53. The molecule has 0 spiro atoms. The number of rotatable bonds is 5. The predicted octanol–water partition coefficient (Wildman–Crippen LogP) is 1.68. The van der Waals surface area contributed by atoms with E-state index in [0.29, 0.717) is 11.1 Å². The van der Waals surface area contributed by atoms with Crippen molar-refractivity contribution in [3.63, 3.8) is 0 Å². The lowest BCUT2D eigenvalue weighted by Gasteiger charge is -2.09. The summed E-state index contributed by atoms with van der Waals surface area (Å²) in [6.07, 6.45) is 4.77. The second-order valence-corrected chi connectivity index (χ2v) is 4.61. The minimum absolute atomic E-state index is 0.323. The molecule has 1 unspecified atom stereocenters. The Morgan fingerprint density at radius 3 is 2.92 bits per heavy atom. The fraction of sp³-hybridized carbons (Fsp3) is 0.889. The van der Waals surface area contributed by atoms with Gasteiger partial charge >= 0.3 is 5.97 Å². The smallest absolute Gasteiger partial charge is 0.321 e. The van der Waals surface area contributed by atoms with Gasteiger partial charge in [0.15, 0.2) is 0 Å². The number of hydrogen-bond donors (Lipinski definition) is 2. The van der Waals surface area contributed by atoms with Crippen LogP contribution in [0.3, 0.4) is 0 Å². The van der Waals surface area contributed by atoms with Crippen LogP contribution in [0.4, 0.5) is 0 Å². The van der Waals surface area contributed by atoms with Crippen molar-refractivity contribution >= 4 is 17.7 Å². The molecule has 2 atom stereocenters. The maximum atomic E-state index is 10.6. The molecule has 1 saturated heterocycles. The van der Waals surface area contributed by atoms with Gasteiger partial charge in [0.25, 0.3) is 0 Å². The van der Waals surface area contributed by atoms with E-state index in [1.807, 2.05) is 0 Å². The second-order valence-electron chi connectivity index (χ2n) is 3.38. The van der Waals surface area contributed by atoms with E-state index in [0.717, 1.165) is 6.42 Å². The van der Waals surface area contributed by atoms with Crippen molar-refractivity contribution in [1.29, 1.82) is 0 Å². The van der Waals surface area contributed by atoms with Crippen molar-refractivity contribution in [3.8, 4) is 0 Å². The Bertz CT molecular complexity index is 175. The Morgan fingerprint density at radius 2 is 2.38 bits per heavy atom. The molecule has 0 bridgehead atoms. The zero-order chi connectivity index (χ0) is 9.68. The first kappa shape index (κ1) is 10.9. The van der Waals surface area contributed by atoms with Crippen LogP contribution in [0, 0.1) is 0 Å². The van der Waals surface area contributed by atoms with E-state index in [9.17, 15) is 4.79 Å². The summed E-state index contributed by atoms with van der Waals surface area (Å²) in [5.41, 5.74) is 0. The standard InChI is InChI=1S/C9H17NO2S/c1-2-3-4-5-8-10-7(6-13-8)9(11)12/h7-8,10H,2-6H2,1H3,(H,11,12)/t7-,8?/m1/s1. The van der Waals surface area contributed by atoms with Crippen molar-refractivity contribution in [3.05, 3.63) is 0 Å². The number of carbonyl (C=O) groups is 1. The highest BCUT2D eigenvalue weighted by Crippen LogP contribution is 2.23. The minimum Gasteiger partial charge on any atom is -0.480 e. The Hall–Kier alpha value is -0.220. The third-order valence-electron chi connectivity index (χ3n) is 2.22. The summed E-state index contributed by atoms with van der Waals surface area (Å²) in [4.78, 5) is 10.6. The topological polar surface area (TPSA) is 49.3 Å². The van der Waals surface area contributed by atoms with Crippen LogP contribution >= 0.6 is 11.8 Å². The summed E-state index contributed by atoms with van der Waals surface area (Å²) >= 11 is 1.74. The number of aliphatic carboxylic acids is 1. The van der Waals surface area contributed by atoms with Crippen LogP contribution in [-0.4, -0.2) is 28.2 Å². The molecule has 1 heterocycles. The molecule has 0 amide bonds. The monoisotopic (exact) mass is 203 g/mol. The highest BCUT2D eigenvalue weighted by atomic mass is 32.2. The van der Waals surface area contributed by atoms with Gasteiger partial charge in [-0.05, 0) is 6.42 Å². The van der Waals surface area contributed by atoms with E-state index in [2.05, 4.69) is 12.2 Å². The van der Waals surface area contributed by atoms with E-state index in [4.69, 9.17) is 5.11 Å². The second kappa shape index (κ2) is 5.50. The van der Waals surface area contributed by atoms with Gasteiger partial charge in [0.2, 0.25) is 0 Å². The van der Waals surface area contributed by atoms with E-state index < -0.39 is 5.97 Å². The molecule has 0 aromatic rings. The fourth-order valence-corrected chi connectivity index (χ4v) is 2.68. The first-order chi connectivity index (χ1) is 6.24. The molecular weight excluding hydrogens is 186 g/mol. The summed E-state index contributed by atoms with van der Waals surface area (Å²) in [7, 11) is 0. The average molecular weight is 203 g/mol.